The highest BCUT2D eigenvalue weighted by Crippen LogP contribution is 2.18. The fraction of sp³-hybridized carbons (Fsp3) is 0.421. The molecule has 130 valence electrons. The average Bonchev–Trinajstić information content (AvgIpc) is 2.97. The van der Waals surface area contributed by atoms with Crippen LogP contribution in [0.1, 0.15) is 17.9 Å². The molecule has 1 aliphatic rings. The molecule has 0 saturated carbocycles. The Hall–Kier alpha value is -2.31. The number of ether oxygens (including phenoxy) is 1. The zero-order valence-corrected chi connectivity index (χ0v) is 14.5. The van der Waals surface area contributed by atoms with E-state index in [4.69, 9.17) is 9.72 Å². The number of imidazole rings is 1. The van der Waals surface area contributed by atoms with Gasteiger partial charge in [0, 0.05) is 32.0 Å². The van der Waals surface area contributed by atoms with Crippen molar-refractivity contribution < 1.29 is 4.74 Å². The minimum absolute atomic E-state index is 0.249. The first-order valence-corrected chi connectivity index (χ1v) is 8.79. The van der Waals surface area contributed by atoms with Crippen LogP contribution in [0.2, 0.25) is 0 Å². The van der Waals surface area contributed by atoms with Crippen LogP contribution in [-0.4, -0.2) is 50.2 Å². The zero-order valence-electron chi connectivity index (χ0n) is 14.5. The molecule has 6 nitrogen and oxygen atoms in total. The molecule has 1 unspecified atom stereocenters. The van der Waals surface area contributed by atoms with Crippen LogP contribution < -0.4 is 0 Å². The highest BCUT2D eigenvalue weighted by molar-refractivity contribution is 5.75. The highest BCUT2D eigenvalue weighted by Gasteiger charge is 2.22. The van der Waals surface area contributed by atoms with Gasteiger partial charge in [-0.25, -0.2) is 15.0 Å². The fourth-order valence-electron chi connectivity index (χ4n) is 3.41. The van der Waals surface area contributed by atoms with Crippen molar-refractivity contribution >= 4 is 11.0 Å². The lowest BCUT2D eigenvalue weighted by molar-refractivity contribution is -0.0355. The summed E-state index contributed by atoms with van der Waals surface area (Å²) in [6.07, 6.45) is 5.55. The molecular formula is C19H23N5O. The van der Waals surface area contributed by atoms with E-state index in [1.54, 1.807) is 12.5 Å². The molecule has 1 aromatic carbocycles. The lowest BCUT2D eigenvalue weighted by Gasteiger charge is -2.32. The second-order valence-corrected chi connectivity index (χ2v) is 6.54. The predicted octanol–water partition coefficient (Wildman–Crippen LogP) is 2.20. The molecule has 0 spiro atoms. The summed E-state index contributed by atoms with van der Waals surface area (Å²) in [6.45, 7) is 3.53. The topological polar surface area (TPSA) is 56.1 Å². The molecule has 6 heteroatoms. The van der Waals surface area contributed by atoms with E-state index < -0.39 is 0 Å². The molecule has 1 atom stereocenters. The maximum absolute atomic E-state index is 5.94. The molecule has 4 rings (SSSR count). The molecule has 0 amide bonds. The molecule has 3 heterocycles. The number of aromatic nitrogens is 4. The Kier molecular flexibility index (Phi) is 4.72. The summed E-state index contributed by atoms with van der Waals surface area (Å²) in [7, 11) is 2.09. The monoisotopic (exact) mass is 337 g/mol. The van der Waals surface area contributed by atoms with Crippen LogP contribution in [0.25, 0.3) is 11.0 Å². The Morgan fingerprint density at radius 1 is 1.24 bits per heavy atom. The Labute approximate surface area is 147 Å². The van der Waals surface area contributed by atoms with Crippen LogP contribution in [0.4, 0.5) is 0 Å². The molecule has 25 heavy (non-hydrogen) atoms. The molecule has 0 bridgehead atoms. The molecule has 0 radical (unpaired) electrons. The van der Waals surface area contributed by atoms with Crippen LogP contribution in [0, 0.1) is 0 Å². The lowest BCUT2D eigenvalue weighted by atomic mass is 10.1. The van der Waals surface area contributed by atoms with Gasteiger partial charge >= 0.3 is 0 Å². The van der Waals surface area contributed by atoms with Gasteiger partial charge in [0.15, 0.2) is 0 Å². The van der Waals surface area contributed by atoms with Crippen molar-refractivity contribution in [3.8, 4) is 0 Å². The SMILES string of the molecule is Cn1c(CN2CCOC(CCc3ccncn3)C2)nc2ccccc21. The summed E-state index contributed by atoms with van der Waals surface area (Å²) < 4.78 is 8.14. The van der Waals surface area contributed by atoms with E-state index in [0.717, 1.165) is 56.1 Å². The van der Waals surface area contributed by atoms with Crippen LogP contribution in [-0.2, 0) is 24.8 Å². The van der Waals surface area contributed by atoms with E-state index in [1.807, 2.05) is 12.1 Å². The van der Waals surface area contributed by atoms with Crippen LogP contribution >= 0.6 is 0 Å². The van der Waals surface area contributed by atoms with E-state index in [2.05, 4.69) is 44.7 Å². The molecular weight excluding hydrogens is 314 g/mol. The second-order valence-electron chi connectivity index (χ2n) is 6.54. The summed E-state index contributed by atoms with van der Waals surface area (Å²) in [5.74, 6) is 1.11. The Bertz CT molecular complexity index is 832. The zero-order chi connectivity index (χ0) is 17.1. The van der Waals surface area contributed by atoms with Crippen LogP contribution in [0.3, 0.4) is 0 Å². The summed E-state index contributed by atoms with van der Waals surface area (Å²) in [6, 6.07) is 10.3. The van der Waals surface area contributed by atoms with Gasteiger partial charge in [-0.15, -0.1) is 0 Å². The third kappa shape index (κ3) is 3.70. The van der Waals surface area contributed by atoms with Crippen molar-refractivity contribution in [1.29, 1.82) is 0 Å². The summed E-state index contributed by atoms with van der Waals surface area (Å²) in [5.41, 5.74) is 3.32. The van der Waals surface area contributed by atoms with Crippen molar-refractivity contribution in [2.45, 2.75) is 25.5 Å². The van der Waals surface area contributed by atoms with Gasteiger partial charge in [0.25, 0.3) is 0 Å². The van der Waals surface area contributed by atoms with E-state index in [1.165, 1.54) is 5.52 Å². The molecule has 2 aromatic heterocycles. The largest absolute Gasteiger partial charge is 0.376 e. The summed E-state index contributed by atoms with van der Waals surface area (Å²) >= 11 is 0. The summed E-state index contributed by atoms with van der Waals surface area (Å²) in [4.78, 5) is 15.5. The van der Waals surface area contributed by atoms with E-state index in [9.17, 15) is 0 Å². The number of para-hydroxylation sites is 2. The Morgan fingerprint density at radius 3 is 3.00 bits per heavy atom. The maximum Gasteiger partial charge on any atom is 0.123 e. The minimum atomic E-state index is 0.249. The molecule has 1 aliphatic heterocycles. The van der Waals surface area contributed by atoms with Gasteiger partial charge in [0.05, 0.1) is 30.3 Å². The number of rotatable bonds is 5. The number of aryl methyl sites for hydroxylation is 2. The molecule has 1 saturated heterocycles. The van der Waals surface area contributed by atoms with E-state index in [-0.39, 0.29) is 6.10 Å². The van der Waals surface area contributed by atoms with Crippen molar-refractivity contribution in [2.24, 2.45) is 7.05 Å². The van der Waals surface area contributed by atoms with Crippen molar-refractivity contribution in [3.63, 3.8) is 0 Å². The predicted molar refractivity (Wildman–Crippen MR) is 96.1 cm³/mol. The molecule has 0 N–H and O–H groups in total. The van der Waals surface area contributed by atoms with Gasteiger partial charge < -0.3 is 9.30 Å². The van der Waals surface area contributed by atoms with Crippen molar-refractivity contribution in [3.05, 3.63) is 54.4 Å². The fourth-order valence-corrected chi connectivity index (χ4v) is 3.41. The number of benzene rings is 1. The number of fused-ring (bicyclic) bond motifs is 1. The van der Waals surface area contributed by atoms with Crippen molar-refractivity contribution in [1.82, 2.24) is 24.4 Å². The minimum Gasteiger partial charge on any atom is -0.376 e. The van der Waals surface area contributed by atoms with Gasteiger partial charge in [0.1, 0.15) is 12.2 Å². The summed E-state index contributed by atoms with van der Waals surface area (Å²) in [5, 5.41) is 0. The number of morpholine rings is 1. The van der Waals surface area contributed by atoms with Gasteiger partial charge in [-0.2, -0.15) is 0 Å². The second kappa shape index (κ2) is 7.29. The Balaban J connectivity index is 1.38. The third-order valence-corrected chi connectivity index (χ3v) is 4.83. The first-order valence-electron chi connectivity index (χ1n) is 8.79. The van der Waals surface area contributed by atoms with Crippen molar-refractivity contribution in [2.75, 3.05) is 19.7 Å². The average molecular weight is 337 g/mol. The smallest absolute Gasteiger partial charge is 0.123 e. The normalized spacial score (nSPS) is 18.7. The Morgan fingerprint density at radius 2 is 2.16 bits per heavy atom. The number of nitrogens with zero attached hydrogens (tertiary/aromatic N) is 5. The number of hydrogen-bond donors (Lipinski definition) is 0. The van der Waals surface area contributed by atoms with E-state index in [0.29, 0.717) is 0 Å². The first-order chi connectivity index (χ1) is 12.3. The maximum atomic E-state index is 5.94. The molecule has 0 aliphatic carbocycles. The van der Waals surface area contributed by atoms with Crippen LogP contribution in [0.15, 0.2) is 42.9 Å². The molecule has 3 aromatic rings. The first kappa shape index (κ1) is 16.2. The van der Waals surface area contributed by atoms with Gasteiger partial charge in [-0.3, -0.25) is 4.90 Å². The highest BCUT2D eigenvalue weighted by atomic mass is 16.5. The molecule has 1 fully saturated rings. The third-order valence-electron chi connectivity index (χ3n) is 4.83. The lowest BCUT2D eigenvalue weighted by Crippen LogP contribution is -2.42. The van der Waals surface area contributed by atoms with E-state index >= 15 is 0 Å². The standard InChI is InChI=1S/C19H23N5O/c1-23-18-5-3-2-4-17(18)22-19(23)13-24-10-11-25-16(12-24)7-6-15-8-9-20-14-21-15/h2-5,8-9,14,16H,6-7,10-13H2,1H3. The van der Waals surface area contributed by atoms with Gasteiger partial charge in [-0.1, -0.05) is 12.1 Å². The van der Waals surface area contributed by atoms with Crippen LogP contribution in [0.5, 0.6) is 0 Å². The quantitative estimate of drug-likeness (QED) is 0.714. The van der Waals surface area contributed by atoms with Gasteiger partial charge in [-0.05, 0) is 31.0 Å². The van der Waals surface area contributed by atoms with Gasteiger partial charge in [0.2, 0.25) is 0 Å². The number of hydrogen-bond acceptors (Lipinski definition) is 5.